The number of halogens is 1. The normalized spacial score (nSPS) is 10.4. The Labute approximate surface area is 91.5 Å². The number of nitrogens with zero attached hydrogens (tertiary/aromatic N) is 1. The molecule has 0 aliphatic heterocycles. The highest BCUT2D eigenvalue weighted by molar-refractivity contribution is 6.29. The summed E-state index contributed by atoms with van der Waals surface area (Å²) in [5.74, 6) is 0. The molecule has 1 heterocycles. The molecule has 0 N–H and O–H groups in total. The topological polar surface area (TPSA) is 12.9 Å². The van der Waals surface area contributed by atoms with Crippen LogP contribution in [0, 0.1) is 0 Å². The maximum absolute atomic E-state index is 5.80. The van der Waals surface area contributed by atoms with Crippen LogP contribution < -0.4 is 0 Å². The molecule has 0 amide bonds. The van der Waals surface area contributed by atoms with Crippen LogP contribution in [0.25, 0.3) is 0 Å². The van der Waals surface area contributed by atoms with Crippen molar-refractivity contribution < 1.29 is 0 Å². The van der Waals surface area contributed by atoms with Crippen LogP contribution in [0.5, 0.6) is 0 Å². The summed E-state index contributed by atoms with van der Waals surface area (Å²) in [6.45, 7) is 2.23. The third kappa shape index (κ3) is 4.61. The van der Waals surface area contributed by atoms with Crippen LogP contribution in [0.15, 0.2) is 18.2 Å². The monoisotopic (exact) mass is 211 g/mol. The number of hydrogen-bond donors (Lipinski definition) is 0. The third-order valence-corrected chi connectivity index (χ3v) is 2.52. The molecule has 0 atom stereocenters. The maximum Gasteiger partial charge on any atom is 0.129 e. The first kappa shape index (κ1) is 11.5. The molecule has 0 aliphatic carbocycles. The van der Waals surface area contributed by atoms with Gasteiger partial charge in [0.25, 0.3) is 0 Å². The lowest BCUT2D eigenvalue weighted by atomic mass is 10.1. The van der Waals surface area contributed by atoms with E-state index >= 15 is 0 Å². The Morgan fingerprint density at radius 1 is 1.14 bits per heavy atom. The highest BCUT2D eigenvalue weighted by Crippen LogP contribution is 2.09. The van der Waals surface area contributed by atoms with Gasteiger partial charge in [-0.25, -0.2) is 4.98 Å². The summed E-state index contributed by atoms with van der Waals surface area (Å²) in [4.78, 5) is 4.26. The predicted octanol–water partition coefficient (Wildman–Crippen LogP) is 4.25. The highest BCUT2D eigenvalue weighted by Gasteiger charge is 1.95. The Balaban J connectivity index is 2.18. The van der Waals surface area contributed by atoms with Crippen molar-refractivity contribution in [3.63, 3.8) is 0 Å². The molecule has 1 rings (SSSR count). The first-order chi connectivity index (χ1) is 6.83. The number of unbranched alkanes of at least 4 members (excludes halogenated alkanes) is 4. The van der Waals surface area contributed by atoms with Crippen molar-refractivity contribution in [2.24, 2.45) is 0 Å². The quantitative estimate of drug-likeness (QED) is 0.507. The lowest BCUT2D eigenvalue weighted by Gasteiger charge is -2.00. The lowest BCUT2D eigenvalue weighted by Crippen LogP contribution is -1.90. The van der Waals surface area contributed by atoms with Crippen molar-refractivity contribution >= 4 is 11.6 Å². The summed E-state index contributed by atoms with van der Waals surface area (Å²) in [5, 5.41) is 0.607. The van der Waals surface area contributed by atoms with Crippen molar-refractivity contribution in [1.29, 1.82) is 0 Å². The van der Waals surface area contributed by atoms with Gasteiger partial charge in [0.1, 0.15) is 5.15 Å². The third-order valence-electron chi connectivity index (χ3n) is 2.31. The number of hydrogen-bond acceptors (Lipinski definition) is 1. The van der Waals surface area contributed by atoms with Gasteiger partial charge in [0.2, 0.25) is 0 Å². The van der Waals surface area contributed by atoms with E-state index in [1.54, 1.807) is 0 Å². The van der Waals surface area contributed by atoms with Gasteiger partial charge in [0, 0.05) is 5.69 Å². The SMILES string of the molecule is CCCCCCCc1cccc(Cl)n1. The van der Waals surface area contributed by atoms with E-state index in [0.717, 1.165) is 12.1 Å². The molecule has 0 saturated heterocycles. The number of aryl methyl sites for hydroxylation is 1. The van der Waals surface area contributed by atoms with E-state index in [2.05, 4.69) is 11.9 Å². The summed E-state index contributed by atoms with van der Waals surface area (Å²) >= 11 is 5.80. The second-order valence-corrected chi connectivity index (χ2v) is 4.00. The first-order valence-electron chi connectivity index (χ1n) is 5.44. The van der Waals surface area contributed by atoms with Crippen molar-refractivity contribution in [3.8, 4) is 0 Å². The van der Waals surface area contributed by atoms with Gasteiger partial charge in [-0.05, 0) is 25.0 Å². The van der Waals surface area contributed by atoms with Crippen molar-refractivity contribution in [2.75, 3.05) is 0 Å². The van der Waals surface area contributed by atoms with Crippen LogP contribution in [-0.2, 0) is 6.42 Å². The Morgan fingerprint density at radius 2 is 1.93 bits per heavy atom. The molecule has 14 heavy (non-hydrogen) atoms. The van der Waals surface area contributed by atoms with Crippen LogP contribution in [0.3, 0.4) is 0 Å². The molecule has 1 aromatic heterocycles. The smallest absolute Gasteiger partial charge is 0.129 e. The molecule has 0 aromatic carbocycles. The Morgan fingerprint density at radius 3 is 2.64 bits per heavy atom. The number of aromatic nitrogens is 1. The second kappa shape index (κ2) is 6.83. The van der Waals surface area contributed by atoms with Gasteiger partial charge < -0.3 is 0 Å². The van der Waals surface area contributed by atoms with Crippen LogP contribution in [0.4, 0.5) is 0 Å². The summed E-state index contributed by atoms with van der Waals surface area (Å²) < 4.78 is 0. The molecule has 0 bridgehead atoms. The Kier molecular flexibility index (Phi) is 5.62. The fourth-order valence-corrected chi connectivity index (χ4v) is 1.68. The van der Waals surface area contributed by atoms with Crippen LogP contribution in [0.2, 0.25) is 5.15 Å². The Hall–Kier alpha value is -0.560. The number of rotatable bonds is 6. The van der Waals surface area contributed by atoms with E-state index in [4.69, 9.17) is 11.6 Å². The minimum Gasteiger partial charge on any atom is -0.241 e. The summed E-state index contributed by atoms with van der Waals surface area (Å²) in [6, 6.07) is 5.84. The van der Waals surface area contributed by atoms with Crippen molar-refractivity contribution in [3.05, 3.63) is 29.0 Å². The van der Waals surface area contributed by atoms with E-state index < -0.39 is 0 Å². The summed E-state index contributed by atoms with van der Waals surface area (Å²) in [5.41, 5.74) is 1.12. The van der Waals surface area contributed by atoms with Crippen molar-refractivity contribution in [1.82, 2.24) is 4.98 Å². The molecule has 0 unspecified atom stereocenters. The molecule has 0 spiro atoms. The minimum absolute atomic E-state index is 0.607. The van der Waals surface area contributed by atoms with E-state index in [9.17, 15) is 0 Å². The van der Waals surface area contributed by atoms with E-state index in [-0.39, 0.29) is 0 Å². The lowest BCUT2D eigenvalue weighted by molar-refractivity contribution is 0.628. The summed E-state index contributed by atoms with van der Waals surface area (Å²) in [6.07, 6.45) is 7.59. The zero-order chi connectivity index (χ0) is 10.2. The van der Waals surface area contributed by atoms with Gasteiger partial charge in [-0.15, -0.1) is 0 Å². The van der Waals surface area contributed by atoms with Gasteiger partial charge in [0.05, 0.1) is 0 Å². The standard InChI is InChI=1S/C12H18ClN/c1-2-3-4-5-6-8-11-9-7-10-12(13)14-11/h7,9-10H,2-6,8H2,1H3. The molecular formula is C12H18ClN. The largest absolute Gasteiger partial charge is 0.241 e. The predicted molar refractivity (Wildman–Crippen MR) is 61.7 cm³/mol. The Bertz CT molecular complexity index is 260. The van der Waals surface area contributed by atoms with Gasteiger partial charge in [-0.3, -0.25) is 0 Å². The molecule has 0 fully saturated rings. The molecule has 0 radical (unpaired) electrons. The van der Waals surface area contributed by atoms with E-state index in [1.165, 1.54) is 32.1 Å². The summed E-state index contributed by atoms with van der Waals surface area (Å²) in [7, 11) is 0. The fraction of sp³-hybridized carbons (Fsp3) is 0.583. The zero-order valence-corrected chi connectivity index (χ0v) is 9.56. The zero-order valence-electron chi connectivity index (χ0n) is 8.80. The average molecular weight is 212 g/mol. The van der Waals surface area contributed by atoms with Gasteiger partial charge in [-0.2, -0.15) is 0 Å². The van der Waals surface area contributed by atoms with E-state index in [0.29, 0.717) is 5.15 Å². The average Bonchev–Trinajstić information content (AvgIpc) is 2.18. The number of pyridine rings is 1. The van der Waals surface area contributed by atoms with Crippen LogP contribution in [-0.4, -0.2) is 4.98 Å². The van der Waals surface area contributed by atoms with Gasteiger partial charge >= 0.3 is 0 Å². The molecular weight excluding hydrogens is 194 g/mol. The fourth-order valence-electron chi connectivity index (χ4n) is 1.50. The van der Waals surface area contributed by atoms with E-state index in [1.807, 2.05) is 18.2 Å². The molecule has 1 nitrogen and oxygen atoms in total. The molecule has 78 valence electrons. The highest BCUT2D eigenvalue weighted by atomic mass is 35.5. The van der Waals surface area contributed by atoms with Gasteiger partial charge in [0.15, 0.2) is 0 Å². The van der Waals surface area contributed by atoms with Crippen LogP contribution >= 0.6 is 11.6 Å². The molecule has 2 heteroatoms. The minimum atomic E-state index is 0.607. The molecule has 0 aliphatic rings. The molecule has 1 aromatic rings. The van der Waals surface area contributed by atoms with Crippen molar-refractivity contribution in [2.45, 2.75) is 45.4 Å². The molecule has 0 saturated carbocycles. The van der Waals surface area contributed by atoms with Crippen LogP contribution in [0.1, 0.15) is 44.7 Å². The first-order valence-corrected chi connectivity index (χ1v) is 5.82. The van der Waals surface area contributed by atoms with Gasteiger partial charge in [-0.1, -0.05) is 50.3 Å². The second-order valence-electron chi connectivity index (χ2n) is 3.62. The maximum atomic E-state index is 5.80.